The van der Waals surface area contributed by atoms with Crippen molar-refractivity contribution in [2.45, 2.75) is 13.2 Å². The van der Waals surface area contributed by atoms with E-state index < -0.39 is 0 Å². The molecule has 0 bridgehead atoms. The summed E-state index contributed by atoms with van der Waals surface area (Å²) < 4.78 is 23.4. The Kier molecular flexibility index (Phi) is 5.43. The van der Waals surface area contributed by atoms with Crippen LogP contribution in [0.5, 0.6) is 0 Å². The highest BCUT2D eigenvalue weighted by Crippen LogP contribution is 2.14. The lowest BCUT2D eigenvalue weighted by Gasteiger charge is -2.05. The number of nitrogens with zero attached hydrogens (tertiary/aromatic N) is 3. The van der Waals surface area contributed by atoms with Crippen LogP contribution < -0.4 is 5.32 Å². The van der Waals surface area contributed by atoms with Crippen LogP contribution >= 0.6 is 0 Å². The lowest BCUT2D eigenvalue weighted by molar-refractivity contribution is -0.126. The van der Waals surface area contributed by atoms with Crippen LogP contribution in [0.25, 0.3) is 11.4 Å². The maximum Gasteiger partial charge on any atom is 0.252 e. The number of benzene rings is 1. The van der Waals surface area contributed by atoms with E-state index in [9.17, 15) is 9.18 Å². The molecule has 1 aromatic carbocycles. The maximum absolute atomic E-state index is 13.0. The van der Waals surface area contributed by atoms with Gasteiger partial charge in [0.05, 0.1) is 0 Å². The van der Waals surface area contributed by atoms with Crippen LogP contribution in [0.15, 0.2) is 53.3 Å². The minimum Gasteiger partial charge on any atom is -0.362 e. The summed E-state index contributed by atoms with van der Waals surface area (Å²) in [5.41, 5.74) is 1.45. The van der Waals surface area contributed by atoms with Gasteiger partial charge in [0.15, 0.2) is 0 Å². The van der Waals surface area contributed by atoms with Gasteiger partial charge in [0.2, 0.25) is 11.7 Å². The van der Waals surface area contributed by atoms with E-state index in [-0.39, 0.29) is 37.4 Å². The summed E-state index contributed by atoms with van der Waals surface area (Å²) in [7, 11) is 0. The molecule has 0 saturated carbocycles. The second-order valence-corrected chi connectivity index (χ2v) is 5.15. The lowest BCUT2D eigenvalue weighted by Crippen LogP contribution is -2.27. The van der Waals surface area contributed by atoms with E-state index in [0.29, 0.717) is 11.4 Å². The second-order valence-electron chi connectivity index (χ2n) is 5.15. The van der Waals surface area contributed by atoms with E-state index in [1.54, 1.807) is 36.7 Å². The average molecular weight is 342 g/mol. The fraction of sp³-hybridized carbons (Fsp3) is 0.176. The van der Waals surface area contributed by atoms with E-state index in [4.69, 9.17) is 9.26 Å². The zero-order valence-electron chi connectivity index (χ0n) is 13.2. The Morgan fingerprint density at radius 2 is 2.08 bits per heavy atom. The molecular formula is C17H15FN4O3. The van der Waals surface area contributed by atoms with E-state index in [2.05, 4.69) is 20.4 Å². The topological polar surface area (TPSA) is 90.1 Å². The van der Waals surface area contributed by atoms with Gasteiger partial charge in [-0.3, -0.25) is 9.78 Å². The smallest absolute Gasteiger partial charge is 0.252 e. The fourth-order valence-corrected chi connectivity index (χ4v) is 2.06. The summed E-state index contributed by atoms with van der Waals surface area (Å²) in [5.74, 6) is 0.0313. The monoisotopic (exact) mass is 342 g/mol. The molecule has 2 heterocycles. The number of pyridine rings is 1. The van der Waals surface area contributed by atoms with Crippen molar-refractivity contribution in [2.24, 2.45) is 0 Å². The van der Waals surface area contributed by atoms with Crippen LogP contribution in [0.4, 0.5) is 4.39 Å². The largest absolute Gasteiger partial charge is 0.362 e. The van der Waals surface area contributed by atoms with Crippen LogP contribution in [0.3, 0.4) is 0 Å². The van der Waals surface area contributed by atoms with Crippen molar-refractivity contribution in [1.82, 2.24) is 20.4 Å². The lowest BCUT2D eigenvalue weighted by atomic mass is 10.2. The summed E-state index contributed by atoms with van der Waals surface area (Å²) in [4.78, 5) is 19.8. The Balaban J connectivity index is 1.42. The molecule has 0 radical (unpaired) electrons. The van der Waals surface area contributed by atoms with Crippen molar-refractivity contribution in [3.63, 3.8) is 0 Å². The minimum atomic E-state index is -0.343. The highest BCUT2D eigenvalue weighted by Gasteiger charge is 2.09. The standard InChI is InChI=1S/C17H15FN4O3/c18-14-3-1-2-12(8-14)9-20-15(23)10-24-11-16-21-17(22-25-16)13-4-6-19-7-5-13/h1-8H,9-11H2,(H,20,23). The molecule has 3 rings (SSSR count). The first-order valence-electron chi connectivity index (χ1n) is 7.52. The molecule has 0 aliphatic rings. The molecule has 3 aromatic rings. The first-order chi connectivity index (χ1) is 12.2. The van der Waals surface area contributed by atoms with Crippen LogP contribution in [-0.2, 0) is 22.7 Å². The number of aromatic nitrogens is 3. The molecule has 0 atom stereocenters. The van der Waals surface area contributed by atoms with Crippen molar-refractivity contribution >= 4 is 5.91 Å². The quantitative estimate of drug-likeness (QED) is 0.707. The van der Waals surface area contributed by atoms with Crippen LogP contribution in [0.1, 0.15) is 11.5 Å². The van der Waals surface area contributed by atoms with E-state index in [0.717, 1.165) is 5.56 Å². The highest BCUT2D eigenvalue weighted by atomic mass is 19.1. The Bertz CT molecular complexity index is 839. The molecule has 0 aliphatic carbocycles. The average Bonchev–Trinajstić information content (AvgIpc) is 3.10. The highest BCUT2D eigenvalue weighted by molar-refractivity contribution is 5.77. The van der Waals surface area contributed by atoms with Crippen molar-refractivity contribution in [3.05, 3.63) is 66.1 Å². The van der Waals surface area contributed by atoms with E-state index in [1.165, 1.54) is 12.1 Å². The molecule has 0 fully saturated rings. The molecule has 0 saturated heterocycles. The number of carbonyl (C=O) groups is 1. The summed E-state index contributed by atoms with van der Waals surface area (Å²) in [6, 6.07) is 9.54. The van der Waals surface area contributed by atoms with Crippen LogP contribution in [-0.4, -0.2) is 27.6 Å². The van der Waals surface area contributed by atoms with Crippen molar-refractivity contribution in [3.8, 4) is 11.4 Å². The Morgan fingerprint density at radius 1 is 1.24 bits per heavy atom. The summed E-state index contributed by atoms with van der Waals surface area (Å²) in [6.07, 6.45) is 3.26. The molecule has 128 valence electrons. The Labute approximate surface area is 142 Å². The number of ether oxygens (including phenoxy) is 1. The molecule has 7 nitrogen and oxygen atoms in total. The van der Waals surface area contributed by atoms with Gasteiger partial charge in [0.25, 0.3) is 5.89 Å². The van der Waals surface area contributed by atoms with Gasteiger partial charge in [0.1, 0.15) is 19.0 Å². The predicted molar refractivity (Wildman–Crippen MR) is 85.4 cm³/mol. The molecule has 25 heavy (non-hydrogen) atoms. The minimum absolute atomic E-state index is 0.0193. The van der Waals surface area contributed by atoms with Crippen molar-refractivity contribution < 1.29 is 18.4 Å². The number of carbonyl (C=O) groups excluding carboxylic acids is 1. The molecule has 8 heteroatoms. The van der Waals surface area contributed by atoms with Gasteiger partial charge in [-0.25, -0.2) is 4.39 Å². The number of nitrogens with one attached hydrogen (secondary N) is 1. The second kappa shape index (κ2) is 8.11. The molecular weight excluding hydrogens is 327 g/mol. The zero-order valence-corrected chi connectivity index (χ0v) is 13.2. The summed E-state index contributed by atoms with van der Waals surface area (Å²) >= 11 is 0. The van der Waals surface area contributed by atoms with Crippen LogP contribution in [0, 0.1) is 5.82 Å². The Morgan fingerprint density at radius 3 is 2.88 bits per heavy atom. The van der Waals surface area contributed by atoms with Gasteiger partial charge in [-0.05, 0) is 29.8 Å². The van der Waals surface area contributed by atoms with Gasteiger partial charge < -0.3 is 14.6 Å². The number of rotatable bonds is 7. The summed E-state index contributed by atoms with van der Waals surface area (Å²) in [6.45, 7) is 0.0838. The molecule has 0 aliphatic heterocycles. The first kappa shape index (κ1) is 16.7. The molecule has 2 aromatic heterocycles. The normalized spacial score (nSPS) is 10.6. The van der Waals surface area contributed by atoms with Gasteiger partial charge >= 0.3 is 0 Å². The van der Waals surface area contributed by atoms with Gasteiger partial charge in [-0.15, -0.1) is 0 Å². The molecule has 1 N–H and O–H groups in total. The number of hydrogen-bond acceptors (Lipinski definition) is 6. The van der Waals surface area contributed by atoms with Gasteiger partial charge in [-0.1, -0.05) is 17.3 Å². The fourth-order valence-electron chi connectivity index (χ4n) is 2.06. The first-order valence-corrected chi connectivity index (χ1v) is 7.52. The molecule has 0 spiro atoms. The predicted octanol–water partition coefficient (Wildman–Crippen LogP) is 2.10. The third-order valence-electron chi connectivity index (χ3n) is 3.24. The van der Waals surface area contributed by atoms with Gasteiger partial charge in [-0.2, -0.15) is 4.98 Å². The van der Waals surface area contributed by atoms with Gasteiger partial charge in [0, 0.05) is 24.5 Å². The number of halogens is 1. The van der Waals surface area contributed by atoms with E-state index >= 15 is 0 Å². The third-order valence-corrected chi connectivity index (χ3v) is 3.24. The zero-order chi connectivity index (χ0) is 17.5. The molecule has 0 unspecified atom stereocenters. The molecule has 1 amide bonds. The van der Waals surface area contributed by atoms with E-state index in [1.807, 2.05) is 0 Å². The maximum atomic E-state index is 13.0. The SMILES string of the molecule is O=C(COCc1nc(-c2ccncc2)no1)NCc1cccc(F)c1. The number of hydrogen-bond donors (Lipinski definition) is 1. The van der Waals surface area contributed by atoms with Crippen LogP contribution in [0.2, 0.25) is 0 Å². The number of amides is 1. The van der Waals surface area contributed by atoms with Crippen molar-refractivity contribution in [1.29, 1.82) is 0 Å². The summed E-state index contributed by atoms with van der Waals surface area (Å²) in [5, 5.41) is 6.48. The third kappa shape index (κ3) is 4.92. The van der Waals surface area contributed by atoms with Crippen molar-refractivity contribution in [2.75, 3.05) is 6.61 Å². The Hall–Kier alpha value is -3.13.